The first-order valence-corrected chi connectivity index (χ1v) is 8.57. The molecule has 2 aromatic rings. The minimum atomic E-state index is -0.567. The molecule has 1 aliphatic heterocycles. The van der Waals surface area contributed by atoms with Crippen LogP contribution in [0.2, 0.25) is 10.0 Å². The van der Waals surface area contributed by atoms with Crippen molar-refractivity contribution in [2.24, 2.45) is 0 Å². The number of hydrogen-bond donors (Lipinski definition) is 1. The first kappa shape index (κ1) is 17.6. The number of rotatable bonds is 3. The van der Waals surface area contributed by atoms with Crippen LogP contribution < -0.4 is 5.32 Å². The smallest absolute Gasteiger partial charge is 0.274 e. The van der Waals surface area contributed by atoms with E-state index in [2.05, 4.69) is 15.3 Å². The summed E-state index contributed by atoms with van der Waals surface area (Å²) in [6, 6.07) is 4.26. The van der Waals surface area contributed by atoms with Crippen molar-refractivity contribution in [3.05, 3.63) is 52.0 Å². The fourth-order valence-electron chi connectivity index (χ4n) is 2.74. The van der Waals surface area contributed by atoms with Crippen LogP contribution >= 0.6 is 23.2 Å². The zero-order chi connectivity index (χ0) is 18.0. The Bertz CT molecular complexity index is 811. The number of benzene rings is 1. The Balaban J connectivity index is 1.75. The van der Waals surface area contributed by atoms with Gasteiger partial charge in [-0.15, -0.1) is 0 Å². The highest BCUT2D eigenvalue weighted by Crippen LogP contribution is 2.27. The topological polar surface area (TPSA) is 75.2 Å². The third kappa shape index (κ3) is 3.91. The summed E-state index contributed by atoms with van der Waals surface area (Å²) in [7, 11) is 0. The van der Waals surface area contributed by atoms with E-state index in [0.717, 1.165) is 12.1 Å². The van der Waals surface area contributed by atoms with E-state index < -0.39 is 6.04 Å². The van der Waals surface area contributed by atoms with Crippen LogP contribution in [0.15, 0.2) is 30.6 Å². The largest absolute Gasteiger partial charge is 0.325 e. The molecular formula is C17H16Cl2N4O2. The predicted molar refractivity (Wildman–Crippen MR) is 95.9 cm³/mol. The van der Waals surface area contributed by atoms with E-state index in [-0.39, 0.29) is 17.5 Å². The van der Waals surface area contributed by atoms with Gasteiger partial charge in [-0.1, -0.05) is 23.2 Å². The van der Waals surface area contributed by atoms with Crippen LogP contribution in [0.1, 0.15) is 29.0 Å². The van der Waals surface area contributed by atoms with Gasteiger partial charge in [0.1, 0.15) is 11.7 Å². The summed E-state index contributed by atoms with van der Waals surface area (Å²) < 4.78 is 0. The summed E-state index contributed by atoms with van der Waals surface area (Å²) in [5.74, 6) is -0.581. The molecule has 1 atom stereocenters. The Morgan fingerprint density at radius 3 is 2.72 bits per heavy atom. The van der Waals surface area contributed by atoms with E-state index in [1.807, 2.05) is 0 Å². The minimum absolute atomic E-state index is 0.231. The fourth-order valence-corrected chi connectivity index (χ4v) is 3.20. The van der Waals surface area contributed by atoms with Crippen LogP contribution in [0.25, 0.3) is 0 Å². The van der Waals surface area contributed by atoms with Gasteiger partial charge in [-0.2, -0.15) is 0 Å². The van der Waals surface area contributed by atoms with E-state index in [9.17, 15) is 9.59 Å². The third-order valence-corrected chi connectivity index (χ3v) is 4.55. The van der Waals surface area contributed by atoms with Crippen LogP contribution in [-0.4, -0.2) is 39.3 Å². The summed E-state index contributed by atoms with van der Waals surface area (Å²) >= 11 is 12.0. The molecule has 0 aliphatic carbocycles. The van der Waals surface area contributed by atoms with Crippen molar-refractivity contribution in [2.45, 2.75) is 25.8 Å². The molecule has 130 valence electrons. The van der Waals surface area contributed by atoms with Crippen molar-refractivity contribution in [1.29, 1.82) is 0 Å². The van der Waals surface area contributed by atoms with Crippen molar-refractivity contribution in [3.63, 3.8) is 0 Å². The number of nitrogens with zero attached hydrogens (tertiary/aromatic N) is 3. The maximum absolute atomic E-state index is 12.6. The Morgan fingerprint density at radius 2 is 2.04 bits per heavy atom. The molecule has 3 rings (SSSR count). The molecule has 1 N–H and O–H groups in total. The number of hydrogen-bond acceptors (Lipinski definition) is 4. The summed E-state index contributed by atoms with van der Waals surface area (Å²) in [5, 5.41) is 3.60. The summed E-state index contributed by atoms with van der Waals surface area (Å²) in [6.07, 6.45) is 4.30. The molecule has 8 heteroatoms. The maximum atomic E-state index is 12.6. The van der Waals surface area contributed by atoms with Crippen LogP contribution in [-0.2, 0) is 4.79 Å². The van der Waals surface area contributed by atoms with E-state index in [1.165, 1.54) is 17.3 Å². The van der Waals surface area contributed by atoms with Gasteiger partial charge in [0.05, 0.1) is 22.6 Å². The number of halogens is 2. The Morgan fingerprint density at radius 1 is 1.24 bits per heavy atom. The molecule has 2 amide bonds. The number of nitrogens with one attached hydrogen (secondary N) is 1. The van der Waals surface area contributed by atoms with Gasteiger partial charge in [0.2, 0.25) is 5.91 Å². The quantitative estimate of drug-likeness (QED) is 0.888. The zero-order valence-electron chi connectivity index (χ0n) is 13.5. The lowest BCUT2D eigenvalue weighted by Gasteiger charge is -2.23. The van der Waals surface area contributed by atoms with E-state index in [1.54, 1.807) is 25.1 Å². The van der Waals surface area contributed by atoms with Crippen molar-refractivity contribution < 1.29 is 9.59 Å². The number of aromatic nitrogens is 2. The minimum Gasteiger partial charge on any atom is -0.325 e. The molecule has 1 aromatic heterocycles. The normalized spacial score (nSPS) is 16.8. The second kappa shape index (κ2) is 7.37. The second-order valence-electron chi connectivity index (χ2n) is 5.81. The van der Waals surface area contributed by atoms with Crippen molar-refractivity contribution in [2.75, 3.05) is 11.9 Å². The lowest BCUT2D eigenvalue weighted by molar-refractivity contribution is -0.119. The van der Waals surface area contributed by atoms with E-state index >= 15 is 0 Å². The first-order valence-electron chi connectivity index (χ1n) is 7.81. The molecule has 1 fully saturated rings. The SMILES string of the molecule is Cc1cnc(C(=O)N2CCC[C@H]2C(=O)Nc2ccc(Cl)cc2Cl)cn1. The number of likely N-dealkylation sites (tertiary alicyclic amines) is 1. The molecule has 1 saturated heterocycles. The first-order chi connectivity index (χ1) is 12.0. The van der Waals surface area contributed by atoms with Gasteiger partial charge in [0.15, 0.2) is 0 Å². The number of amides is 2. The average Bonchev–Trinajstić information content (AvgIpc) is 3.07. The van der Waals surface area contributed by atoms with Crippen LogP contribution in [0.3, 0.4) is 0 Å². The number of carbonyl (C=O) groups is 2. The molecule has 0 bridgehead atoms. The lowest BCUT2D eigenvalue weighted by atomic mass is 10.2. The predicted octanol–water partition coefficient (Wildman–Crippen LogP) is 3.34. The monoisotopic (exact) mass is 378 g/mol. The van der Waals surface area contributed by atoms with Crippen molar-refractivity contribution >= 4 is 40.7 Å². The molecule has 2 heterocycles. The van der Waals surface area contributed by atoms with Gasteiger partial charge in [-0.3, -0.25) is 14.6 Å². The summed E-state index contributed by atoms with van der Waals surface area (Å²) in [6.45, 7) is 2.30. The Labute approximate surface area is 155 Å². The van der Waals surface area contributed by atoms with Gasteiger partial charge in [-0.25, -0.2) is 4.98 Å². The molecule has 0 saturated carbocycles. The van der Waals surface area contributed by atoms with Gasteiger partial charge in [0.25, 0.3) is 5.91 Å². The molecule has 25 heavy (non-hydrogen) atoms. The lowest BCUT2D eigenvalue weighted by Crippen LogP contribution is -2.43. The Hall–Kier alpha value is -2.18. The molecule has 1 aliphatic rings. The summed E-state index contributed by atoms with van der Waals surface area (Å²) in [5.41, 5.74) is 1.42. The second-order valence-corrected chi connectivity index (χ2v) is 6.66. The van der Waals surface area contributed by atoms with Gasteiger partial charge >= 0.3 is 0 Å². The molecule has 1 aromatic carbocycles. The highest BCUT2D eigenvalue weighted by Gasteiger charge is 2.35. The van der Waals surface area contributed by atoms with Gasteiger partial charge in [0, 0.05) is 17.8 Å². The van der Waals surface area contributed by atoms with Crippen LogP contribution in [0.4, 0.5) is 5.69 Å². The molecule has 0 radical (unpaired) electrons. The van der Waals surface area contributed by atoms with Gasteiger partial charge < -0.3 is 10.2 Å². The van der Waals surface area contributed by atoms with Crippen LogP contribution in [0, 0.1) is 6.92 Å². The maximum Gasteiger partial charge on any atom is 0.274 e. The van der Waals surface area contributed by atoms with Gasteiger partial charge in [-0.05, 0) is 38.0 Å². The average molecular weight is 379 g/mol. The number of aryl methyl sites for hydroxylation is 1. The molecule has 6 nitrogen and oxygen atoms in total. The summed E-state index contributed by atoms with van der Waals surface area (Å²) in [4.78, 5) is 35.0. The van der Waals surface area contributed by atoms with Crippen molar-refractivity contribution in [1.82, 2.24) is 14.9 Å². The fraction of sp³-hybridized carbons (Fsp3) is 0.294. The van der Waals surface area contributed by atoms with E-state index in [0.29, 0.717) is 28.7 Å². The molecular weight excluding hydrogens is 363 g/mol. The molecule has 0 unspecified atom stereocenters. The Kier molecular flexibility index (Phi) is 5.20. The van der Waals surface area contributed by atoms with Crippen LogP contribution in [0.5, 0.6) is 0 Å². The highest BCUT2D eigenvalue weighted by atomic mass is 35.5. The molecule has 0 spiro atoms. The highest BCUT2D eigenvalue weighted by molar-refractivity contribution is 6.36. The third-order valence-electron chi connectivity index (χ3n) is 4.01. The number of anilines is 1. The zero-order valence-corrected chi connectivity index (χ0v) is 15.0. The van der Waals surface area contributed by atoms with E-state index in [4.69, 9.17) is 23.2 Å². The van der Waals surface area contributed by atoms with Crippen molar-refractivity contribution in [3.8, 4) is 0 Å². The number of carbonyl (C=O) groups excluding carboxylic acids is 2. The standard InChI is InChI=1S/C17H16Cl2N4O2/c1-10-8-21-14(9-20-10)17(25)23-6-2-3-15(23)16(24)22-13-5-4-11(18)7-12(13)19/h4-5,7-9,15H,2-3,6H2,1H3,(H,22,24)/t15-/m0/s1.